The minimum absolute atomic E-state index is 0.770. The van der Waals surface area contributed by atoms with E-state index in [0.717, 1.165) is 19.0 Å². The summed E-state index contributed by atoms with van der Waals surface area (Å²) < 4.78 is 0. The van der Waals surface area contributed by atoms with E-state index in [1.54, 1.807) is 11.1 Å². The van der Waals surface area contributed by atoms with Crippen LogP contribution >= 0.6 is 0 Å². The van der Waals surface area contributed by atoms with Gasteiger partial charge in [-0.3, -0.25) is 4.90 Å². The van der Waals surface area contributed by atoms with E-state index in [4.69, 9.17) is 0 Å². The van der Waals surface area contributed by atoms with Gasteiger partial charge in [-0.15, -0.1) is 0 Å². The van der Waals surface area contributed by atoms with Crippen molar-refractivity contribution >= 4 is 0 Å². The van der Waals surface area contributed by atoms with Gasteiger partial charge in [0.15, 0.2) is 0 Å². The molecule has 1 N–H and O–H groups in total. The molecule has 0 saturated carbocycles. The first-order valence-electron chi connectivity index (χ1n) is 8.75. The first kappa shape index (κ1) is 16.5. The molecule has 0 radical (unpaired) electrons. The number of nitrogens with zero attached hydrogens (tertiary/aromatic N) is 1. The van der Waals surface area contributed by atoms with Gasteiger partial charge in [-0.25, -0.2) is 0 Å². The number of hydrogen-bond acceptors (Lipinski definition) is 2. The zero-order chi connectivity index (χ0) is 14.9. The van der Waals surface area contributed by atoms with E-state index in [2.05, 4.69) is 48.3 Å². The Kier molecular flexibility index (Phi) is 7.25. The predicted molar refractivity (Wildman–Crippen MR) is 91.6 cm³/mol. The largest absolute Gasteiger partial charge is 0.316 e. The van der Waals surface area contributed by atoms with Crippen LogP contribution in [0.4, 0.5) is 0 Å². The lowest BCUT2D eigenvalue weighted by Gasteiger charge is -2.28. The third-order valence-corrected chi connectivity index (χ3v) is 4.34. The molecule has 0 fully saturated rings. The Morgan fingerprint density at radius 3 is 2.62 bits per heavy atom. The van der Waals surface area contributed by atoms with Crippen molar-refractivity contribution in [1.29, 1.82) is 0 Å². The Morgan fingerprint density at radius 2 is 1.81 bits per heavy atom. The molecule has 1 aromatic rings. The quantitative estimate of drug-likeness (QED) is 0.694. The normalized spacial score (nSPS) is 15.4. The monoisotopic (exact) mass is 288 g/mol. The standard InChI is InChI=1S/C19H32N2/c1-17(2)15-20-12-7-3-4-8-13-21-14-11-18-9-5-6-10-19(18)16-21/h5-6,9-10,17,20H,3-4,7-8,11-16H2,1-2H3. The van der Waals surface area contributed by atoms with E-state index >= 15 is 0 Å². The third-order valence-electron chi connectivity index (χ3n) is 4.34. The molecular weight excluding hydrogens is 256 g/mol. The molecule has 1 heterocycles. The molecule has 118 valence electrons. The molecule has 0 aliphatic carbocycles. The van der Waals surface area contributed by atoms with Crippen LogP contribution in [0, 0.1) is 5.92 Å². The average Bonchev–Trinajstić information content (AvgIpc) is 2.49. The number of fused-ring (bicyclic) bond motifs is 1. The summed E-state index contributed by atoms with van der Waals surface area (Å²) >= 11 is 0. The molecule has 1 aliphatic rings. The highest BCUT2D eigenvalue weighted by Gasteiger charge is 2.14. The highest BCUT2D eigenvalue weighted by molar-refractivity contribution is 5.28. The topological polar surface area (TPSA) is 15.3 Å². The Balaban J connectivity index is 1.50. The van der Waals surface area contributed by atoms with Crippen molar-refractivity contribution in [3.05, 3.63) is 35.4 Å². The fourth-order valence-electron chi connectivity index (χ4n) is 3.07. The van der Waals surface area contributed by atoms with Gasteiger partial charge in [0.05, 0.1) is 0 Å². The molecular formula is C19H32N2. The van der Waals surface area contributed by atoms with E-state index in [-0.39, 0.29) is 0 Å². The number of rotatable bonds is 9. The lowest BCUT2D eigenvalue weighted by atomic mass is 10.00. The van der Waals surface area contributed by atoms with E-state index in [1.165, 1.54) is 51.7 Å². The van der Waals surface area contributed by atoms with Gasteiger partial charge in [-0.2, -0.15) is 0 Å². The van der Waals surface area contributed by atoms with Crippen molar-refractivity contribution in [3.8, 4) is 0 Å². The van der Waals surface area contributed by atoms with E-state index in [9.17, 15) is 0 Å². The van der Waals surface area contributed by atoms with Crippen molar-refractivity contribution in [2.75, 3.05) is 26.2 Å². The molecule has 0 amide bonds. The molecule has 0 spiro atoms. The van der Waals surface area contributed by atoms with Crippen LogP contribution in [0.15, 0.2) is 24.3 Å². The molecule has 2 heteroatoms. The van der Waals surface area contributed by atoms with E-state index in [1.807, 2.05) is 0 Å². The van der Waals surface area contributed by atoms with Gasteiger partial charge in [0, 0.05) is 13.1 Å². The van der Waals surface area contributed by atoms with Gasteiger partial charge < -0.3 is 5.32 Å². The van der Waals surface area contributed by atoms with Crippen molar-refractivity contribution in [3.63, 3.8) is 0 Å². The second kappa shape index (κ2) is 9.22. The maximum absolute atomic E-state index is 3.53. The second-order valence-electron chi connectivity index (χ2n) is 6.81. The minimum Gasteiger partial charge on any atom is -0.316 e. The molecule has 2 nitrogen and oxygen atoms in total. The van der Waals surface area contributed by atoms with Crippen molar-refractivity contribution in [2.45, 2.75) is 52.5 Å². The Bertz CT molecular complexity index is 400. The van der Waals surface area contributed by atoms with Gasteiger partial charge in [-0.05, 0) is 55.9 Å². The number of hydrogen-bond donors (Lipinski definition) is 1. The van der Waals surface area contributed by atoms with Crippen LogP contribution in [0.1, 0.15) is 50.7 Å². The van der Waals surface area contributed by atoms with Gasteiger partial charge in [-0.1, -0.05) is 51.0 Å². The highest BCUT2D eigenvalue weighted by Crippen LogP contribution is 2.18. The number of unbranched alkanes of at least 4 members (excludes halogenated alkanes) is 3. The van der Waals surface area contributed by atoms with Gasteiger partial charge in [0.1, 0.15) is 0 Å². The SMILES string of the molecule is CC(C)CNCCCCCCN1CCc2ccccc2C1. The molecule has 0 aromatic heterocycles. The van der Waals surface area contributed by atoms with Crippen molar-refractivity contribution < 1.29 is 0 Å². The molecule has 0 atom stereocenters. The Morgan fingerprint density at radius 1 is 1.05 bits per heavy atom. The summed E-state index contributed by atoms with van der Waals surface area (Å²) in [6, 6.07) is 8.92. The second-order valence-corrected chi connectivity index (χ2v) is 6.81. The lowest BCUT2D eigenvalue weighted by Crippen LogP contribution is -2.31. The summed E-state index contributed by atoms with van der Waals surface area (Å²) in [6.07, 6.45) is 6.66. The van der Waals surface area contributed by atoms with Gasteiger partial charge >= 0.3 is 0 Å². The van der Waals surface area contributed by atoms with Crippen LogP contribution in [0.25, 0.3) is 0 Å². The molecule has 21 heavy (non-hydrogen) atoms. The van der Waals surface area contributed by atoms with E-state index < -0.39 is 0 Å². The molecule has 1 aliphatic heterocycles. The fourth-order valence-corrected chi connectivity index (χ4v) is 3.07. The summed E-state index contributed by atoms with van der Waals surface area (Å²) in [4.78, 5) is 2.62. The van der Waals surface area contributed by atoms with Gasteiger partial charge in [0.2, 0.25) is 0 Å². The summed E-state index contributed by atoms with van der Waals surface area (Å²) in [6.45, 7) is 10.6. The minimum atomic E-state index is 0.770. The van der Waals surface area contributed by atoms with Gasteiger partial charge in [0.25, 0.3) is 0 Å². The smallest absolute Gasteiger partial charge is 0.0236 e. The molecule has 0 unspecified atom stereocenters. The zero-order valence-electron chi connectivity index (χ0n) is 13.9. The summed E-state index contributed by atoms with van der Waals surface area (Å²) in [7, 11) is 0. The first-order valence-corrected chi connectivity index (χ1v) is 8.75. The van der Waals surface area contributed by atoms with Crippen LogP contribution < -0.4 is 5.32 Å². The van der Waals surface area contributed by atoms with Crippen LogP contribution in [-0.4, -0.2) is 31.1 Å². The predicted octanol–water partition coefficient (Wildman–Crippen LogP) is 3.85. The highest BCUT2D eigenvalue weighted by atomic mass is 15.1. The fraction of sp³-hybridized carbons (Fsp3) is 0.684. The molecule has 0 saturated heterocycles. The summed E-state index contributed by atoms with van der Waals surface area (Å²) in [5.74, 6) is 0.770. The van der Waals surface area contributed by atoms with Crippen molar-refractivity contribution in [1.82, 2.24) is 10.2 Å². The maximum Gasteiger partial charge on any atom is 0.0236 e. The third kappa shape index (κ3) is 6.19. The zero-order valence-corrected chi connectivity index (χ0v) is 13.9. The van der Waals surface area contributed by atoms with Crippen LogP contribution in [-0.2, 0) is 13.0 Å². The number of nitrogens with one attached hydrogen (secondary N) is 1. The number of benzene rings is 1. The van der Waals surface area contributed by atoms with Crippen LogP contribution in [0.3, 0.4) is 0 Å². The average molecular weight is 288 g/mol. The summed E-state index contributed by atoms with van der Waals surface area (Å²) in [5.41, 5.74) is 3.10. The maximum atomic E-state index is 3.53. The Labute approximate surface area is 130 Å². The Hall–Kier alpha value is -0.860. The van der Waals surface area contributed by atoms with E-state index in [0.29, 0.717) is 0 Å². The van der Waals surface area contributed by atoms with Crippen LogP contribution in [0.2, 0.25) is 0 Å². The first-order chi connectivity index (χ1) is 10.3. The van der Waals surface area contributed by atoms with Crippen LogP contribution in [0.5, 0.6) is 0 Å². The summed E-state index contributed by atoms with van der Waals surface area (Å²) in [5, 5.41) is 3.53. The lowest BCUT2D eigenvalue weighted by molar-refractivity contribution is 0.248. The molecule has 1 aromatic carbocycles. The molecule has 0 bridgehead atoms. The van der Waals surface area contributed by atoms with Crippen molar-refractivity contribution in [2.24, 2.45) is 5.92 Å². The molecule has 2 rings (SSSR count).